The molecule has 2 N–H and O–H groups in total. The van der Waals surface area contributed by atoms with E-state index in [2.05, 4.69) is 34.2 Å². The molecule has 0 aromatic heterocycles. The van der Waals surface area contributed by atoms with Crippen LogP contribution in [0.1, 0.15) is 30.2 Å². The SMILES string of the molecule is C[C@@H](NCC(O)c1ccccc1Cl)c1ccccc1Br. The zero-order valence-corrected chi connectivity index (χ0v) is 13.5. The van der Waals surface area contributed by atoms with Gasteiger partial charge in [-0.2, -0.15) is 0 Å². The lowest BCUT2D eigenvalue weighted by molar-refractivity contribution is 0.171. The number of nitrogens with one attached hydrogen (secondary N) is 1. The molecule has 4 heteroatoms. The van der Waals surface area contributed by atoms with Crippen LogP contribution in [0.25, 0.3) is 0 Å². The number of hydrogen-bond donors (Lipinski definition) is 2. The second kappa shape index (κ2) is 7.23. The molecule has 0 bridgehead atoms. The van der Waals surface area contributed by atoms with Crippen LogP contribution in [0.3, 0.4) is 0 Å². The van der Waals surface area contributed by atoms with E-state index in [-0.39, 0.29) is 6.04 Å². The van der Waals surface area contributed by atoms with Gasteiger partial charge in [0.25, 0.3) is 0 Å². The van der Waals surface area contributed by atoms with Crippen molar-refractivity contribution in [3.63, 3.8) is 0 Å². The number of hydrogen-bond acceptors (Lipinski definition) is 2. The van der Waals surface area contributed by atoms with Gasteiger partial charge < -0.3 is 10.4 Å². The smallest absolute Gasteiger partial charge is 0.0928 e. The Balaban J connectivity index is 1.99. The average Bonchev–Trinajstić information content (AvgIpc) is 2.45. The maximum atomic E-state index is 10.2. The molecule has 1 unspecified atom stereocenters. The van der Waals surface area contributed by atoms with E-state index in [0.29, 0.717) is 11.6 Å². The van der Waals surface area contributed by atoms with Crippen LogP contribution < -0.4 is 5.32 Å². The lowest BCUT2D eigenvalue weighted by Gasteiger charge is -2.19. The summed E-state index contributed by atoms with van der Waals surface area (Å²) in [7, 11) is 0. The summed E-state index contributed by atoms with van der Waals surface area (Å²) in [5.41, 5.74) is 1.92. The third kappa shape index (κ3) is 3.83. The van der Waals surface area contributed by atoms with Gasteiger partial charge in [0.05, 0.1) is 6.10 Å². The van der Waals surface area contributed by atoms with Crippen LogP contribution in [0, 0.1) is 0 Å². The molecule has 0 aliphatic rings. The van der Waals surface area contributed by atoms with Crippen molar-refractivity contribution in [3.8, 4) is 0 Å². The van der Waals surface area contributed by atoms with Gasteiger partial charge in [0.15, 0.2) is 0 Å². The Morgan fingerprint density at radius 2 is 1.70 bits per heavy atom. The molecule has 0 saturated carbocycles. The monoisotopic (exact) mass is 353 g/mol. The van der Waals surface area contributed by atoms with E-state index in [9.17, 15) is 5.11 Å². The fraction of sp³-hybridized carbons (Fsp3) is 0.250. The summed E-state index contributed by atoms with van der Waals surface area (Å²) >= 11 is 9.62. The molecule has 2 aromatic rings. The highest BCUT2D eigenvalue weighted by atomic mass is 79.9. The van der Waals surface area contributed by atoms with E-state index >= 15 is 0 Å². The fourth-order valence-electron chi connectivity index (χ4n) is 2.08. The van der Waals surface area contributed by atoms with Crippen molar-refractivity contribution >= 4 is 27.5 Å². The summed E-state index contributed by atoms with van der Waals surface area (Å²) in [6.07, 6.45) is -0.617. The molecule has 2 rings (SSSR count). The molecule has 0 amide bonds. The van der Waals surface area contributed by atoms with Gasteiger partial charge in [0.1, 0.15) is 0 Å². The minimum Gasteiger partial charge on any atom is -0.387 e. The molecule has 0 spiro atoms. The lowest BCUT2D eigenvalue weighted by atomic mass is 10.1. The highest BCUT2D eigenvalue weighted by molar-refractivity contribution is 9.10. The number of benzene rings is 2. The van der Waals surface area contributed by atoms with Crippen LogP contribution >= 0.6 is 27.5 Å². The first-order valence-electron chi connectivity index (χ1n) is 6.50. The molecule has 2 aromatic carbocycles. The number of rotatable bonds is 5. The van der Waals surface area contributed by atoms with Crippen LogP contribution in [0.4, 0.5) is 0 Å². The minimum atomic E-state index is -0.617. The Bertz CT molecular complexity index is 524. The Hall–Kier alpha value is -0.870. The van der Waals surface area contributed by atoms with Gasteiger partial charge >= 0.3 is 0 Å². The quantitative estimate of drug-likeness (QED) is 0.829. The van der Waals surface area contributed by atoms with Crippen molar-refractivity contribution < 1.29 is 5.11 Å². The second-order valence-electron chi connectivity index (χ2n) is 4.69. The fourth-order valence-corrected chi connectivity index (χ4v) is 2.97. The van der Waals surface area contributed by atoms with E-state index < -0.39 is 6.10 Å². The molecule has 0 saturated heterocycles. The van der Waals surface area contributed by atoms with Crippen LogP contribution in [-0.4, -0.2) is 11.7 Å². The Kier molecular flexibility index (Phi) is 5.61. The summed E-state index contributed by atoms with van der Waals surface area (Å²) in [6, 6.07) is 15.6. The van der Waals surface area contributed by atoms with Crippen LogP contribution in [0.5, 0.6) is 0 Å². The molecule has 0 fully saturated rings. The third-order valence-electron chi connectivity index (χ3n) is 3.25. The lowest BCUT2D eigenvalue weighted by Crippen LogP contribution is -2.25. The predicted molar refractivity (Wildman–Crippen MR) is 87.0 cm³/mol. The molecular weight excluding hydrogens is 338 g/mol. The molecule has 0 radical (unpaired) electrons. The van der Waals surface area contributed by atoms with Gasteiger partial charge in [-0.3, -0.25) is 0 Å². The van der Waals surface area contributed by atoms with Crippen molar-refractivity contribution in [1.82, 2.24) is 5.32 Å². The number of aliphatic hydroxyl groups excluding tert-OH is 1. The molecular formula is C16H17BrClNO. The maximum absolute atomic E-state index is 10.2. The predicted octanol–water partition coefficient (Wildman–Crippen LogP) is 4.49. The van der Waals surface area contributed by atoms with Crippen molar-refractivity contribution in [2.75, 3.05) is 6.54 Å². The van der Waals surface area contributed by atoms with E-state index in [1.54, 1.807) is 6.07 Å². The van der Waals surface area contributed by atoms with Gasteiger partial charge in [0, 0.05) is 27.6 Å². The number of aliphatic hydroxyl groups is 1. The van der Waals surface area contributed by atoms with Crippen LogP contribution in [-0.2, 0) is 0 Å². The van der Waals surface area contributed by atoms with Gasteiger partial charge in [-0.05, 0) is 24.6 Å². The normalized spacial score (nSPS) is 14.0. The summed E-state index contributed by atoms with van der Waals surface area (Å²) in [4.78, 5) is 0. The van der Waals surface area contributed by atoms with E-state index in [4.69, 9.17) is 11.6 Å². The van der Waals surface area contributed by atoms with Crippen LogP contribution in [0.2, 0.25) is 5.02 Å². The molecule has 0 aliphatic carbocycles. The molecule has 106 valence electrons. The summed E-state index contributed by atoms with van der Waals surface area (Å²) in [6.45, 7) is 2.52. The first kappa shape index (κ1) is 15.5. The summed E-state index contributed by atoms with van der Waals surface area (Å²) in [5, 5.41) is 14.1. The van der Waals surface area contributed by atoms with Crippen molar-refractivity contribution in [1.29, 1.82) is 0 Å². The first-order valence-corrected chi connectivity index (χ1v) is 7.67. The maximum Gasteiger partial charge on any atom is 0.0928 e. The highest BCUT2D eigenvalue weighted by Crippen LogP contribution is 2.25. The summed E-state index contributed by atoms with van der Waals surface area (Å²) < 4.78 is 1.06. The molecule has 2 atom stereocenters. The number of halogens is 2. The van der Waals surface area contributed by atoms with E-state index in [1.807, 2.05) is 36.4 Å². The molecule has 20 heavy (non-hydrogen) atoms. The highest BCUT2D eigenvalue weighted by Gasteiger charge is 2.14. The Labute approximate surface area is 132 Å². The van der Waals surface area contributed by atoms with E-state index in [0.717, 1.165) is 10.0 Å². The van der Waals surface area contributed by atoms with Gasteiger partial charge in [-0.25, -0.2) is 0 Å². The minimum absolute atomic E-state index is 0.141. The van der Waals surface area contributed by atoms with Crippen molar-refractivity contribution in [3.05, 3.63) is 69.2 Å². The zero-order valence-electron chi connectivity index (χ0n) is 11.2. The van der Waals surface area contributed by atoms with Gasteiger partial charge in [-0.1, -0.05) is 63.9 Å². The topological polar surface area (TPSA) is 32.3 Å². The molecule has 0 aliphatic heterocycles. The molecule has 0 heterocycles. The average molecular weight is 355 g/mol. The Morgan fingerprint density at radius 1 is 1.10 bits per heavy atom. The van der Waals surface area contributed by atoms with E-state index in [1.165, 1.54) is 5.56 Å². The van der Waals surface area contributed by atoms with Crippen molar-refractivity contribution in [2.45, 2.75) is 19.1 Å². The largest absolute Gasteiger partial charge is 0.387 e. The second-order valence-corrected chi connectivity index (χ2v) is 5.95. The zero-order chi connectivity index (χ0) is 14.5. The van der Waals surface area contributed by atoms with Gasteiger partial charge in [0.2, 0.25) is 0 Å². The first-order chi connectivity index (χ1) is 9.59. The Morgan fingerprint density at radius 3 is 2.35 bits per heavy atom. The third-order valence-corrected chi connectivity index (χ3v) is 4.32. The van der Waals surface area contributed by atoms with Gasteiger partial charge in [-0.15, -0.1) is 0 Å². The van der Waals surface area contributed by atoms with Crippen molar-refractivity contribution in [2.24, 2.45) is 0 Å². The standard InChI is InChI=1S/C16H17BrClNO/c1-11(12-6-2-4-8-14(12)17)19-10-16(20)13-7-3-5-9-15(13)18/h2-9,11,16,19-20H,10H2,1H3/t11-,16?/m1/s1. The summed E-state index contributed by atoms with van der Waals surface area (Å²) in [5.74, 6) is 0. The molecule has 2 nitrogen and oxygen atoms in total. The van der Waals surface area contributed by atoms with Crippen LogP contribution in [0.15, 0.2) is 53.0 Å².